The number of halogens is 1. The molecule has 0 bridgehead atoms. The molecule has 4 aromatic rings. The normalized spacial score (nSPS) is 10.6. The molecule has 7 heteroatoms. The predicted octanol–water partition coefficient (Wildman–Crippen LogP) is 5.49. The lowest BCUT2D eigenvalue weighted by Crippen LogP contribution is -2.12. The van der Waals surface area contributed by atoms with E-state index in [1.54, 1.807) is 49.8 Å². The monoisotopic (exact) mass is 402 g/mol. The Bertz CT molecular complexity index is 1210. The van der Waals surface area contributed by atoms with Crippen molar-refractivity contribution in [1.82, 2.24) is 9.97 Å². The fraction of sp³-hybridized carbons (Fsp3) is 0.0870. The second kappa shape index (κ2) is 8.16. The highest BCUT2D eigenvalue weighted by Crippen LogP contribution is 2.26. The predicted molar refractivity (Wildman–Crippen MR) is 113 cm³/mol. The largest absolute Gasteiger partial charge is 0.423 e. The first-order chi connectivity index (χ1) is 14.5. The third kappa shape index (κ3) is 4.20. The van der Waals surface area contributed by atoms with Gasteiger partial charge in [-0.05, 0) is 61.4 Å². The first kappa shape index (κ1) is 19.3. The molecular weight excluding hydrogens is 383 g/mol. The van der Waals surface area contributed by atoms with Gasteiger partial charge in [0.2, 0.25) is 0 Å². The van der Waals surface area contributed by atoms with Crippen molar-refractivity contribution in [2.24, 2.45) is 0 Å². The Morgan fingerprint density at radius 3 is 2.53 bits per heavy atom. The van der Waals surface area contributed by atoms with Gasteiger partial charge in [0, 0.05) is 34.9 Å². The number of benzene rings is 2. The van der Waals surface area contributed by atoms with E-state index in [2.05, 4.69) is 20.6 Å². The number of carbonyl (C=O) groups excluding carboxylic acids is 1. The number of aromatic nitrogens is 2. The van der Waals surface area contributed by atoms with Crippen LogP contribution in [0.4, 0.5) is 21.8 Å². The summed E-state index contributed by atoms with van der Waals surface area (Å²) in [7, 11) is 0. The molecule has 0 spiro atoms. The molecule has 4 rings (SSSR count). The van der Waals surface area contributed by atoms with Crippen LogP contribution in [0.15, 0.2) is 71.5 Å². The Morgan fingerprint density at radius 2 is 1.77 bits per heavy atom. The summed E-state index contributed by atoms with van der Waals surface area (Å²) in [5, 5.41) is 5.82. The van der Waals surface area contributed by atoms with Crippen LogP contribution in [0.5, 0.6) is 0 Å². The summed E-state index contributed by atoms with van der Waals surface area (Å²) >= 11 is 0. The lowest BCUT2D eigenvalue weighted by molar-refractivity contribution is 0.102. The molecule has 1 amide bonds. The molecule has 0 atom stereocenters. The highest BCUT2D eigenvalue weighted by atomic mass is 19.1. The number of hydrogen-bond acceptors (Lipinski definition) is 5. The van der Waals surface area contributed by atoms with Crippen molar-refractivity contribution in [3.05, 3.63) is 89.6 Å². The van der Waals surface area contributed by atoms with Crippen LogP contribution in [-0.2, 0) is 0 Å². The maximum absolute atomic E-state index is 13.7. The molecule has 2 aromatic heterocycles. The highest BCUT2D eigenvalue weighted by Gasteiger charge is 2.12. The number of oxazole rings is 1. The zero-order valence-corrected chi connectivity index (χ0v) is 16.4. The van der Waals surface area contributed by atoms with Crippen molar-refractivity contribution >= 4 is 23.3 Å². The van der Waals surface area contributed by atoms with E-state index in [0.717, 1.165) is 11.1 Å². The summed E-state index contributed by atoms with van der Waals surface area (Å²) in [6, 6.07) is 13.8. The molecule has 2 aromatic carbocycles. The standard InChI is InChI=1S/C23H19FN4O2/c1-14-4-6-18(12-19(14)24)27-22(29)17-5-3-15(2)20(11-17)28-23-26-13-21(30-23)16-7-9-25-10-8-16/h3-13H,1-2H3,(H,26,28)(H,27,29). The Kier molecular flexibility index (Phi) is 5.26. The number of nitrogens with one attached hydrogen (secondary N) is 2. The summed E-state index contributed by atoms with van der Waals surface area (Å²) in [6.07, 6.45) is 4.98. The van der Waals surface area contributed by atoms with Crippen molar-refractivity contribution in [3.8, 4) is 11.3 Å². The summed E-state index contributed by atoms with van der Waals surface area (Å²) in [4.78, 5) is 20.8. The molecule has 0 aliphatic carbocycles. The van der Waals surface area contributed by atoms with Gasteiger partial charge in [-0.3, -0.25) is 9.78 Å². The number of pyridine rings is 1. The lowest BCUT2D eigenvalue weighted by atomic mass is 10.1. The van der Waals surface area contributed by atoms with Crippen molar-refractivity contribution < 1.29 is 13.6 Å². The molecular formula is C23H19FN4O2. The van der Waals surface area contributed by atoms with Crippen molar-refractivity contribution in [3.63, 3.8) is 0 Å². The molecule has 0 aliphatic rings. The molecule has 0 saturated carbocycles. The number of amides is 1. The van der Waals surface area contributed by atoms with Crippen LogP contribution in [0.1, 0.15) is 21.5 Å². The second-order valence-electron chi connectivity index (χ2n) is 6.84. The zero-order chi connectivity index (χ0) is 21.1. The van der Waals surface area contributed by atoms with Gasteiger partial charge in [0.15, 0.2) is 5.76 Å². The number of rotatable bonds is 5. The fourth-order valence-electron chi connectivity index (χ4n) is 2.87. The Balaban J connectivity index is 1.52. The summed E-state index contributed by atoms with van der Waals surface area (Å²) in [5.41, 5.74) is 3.79. The van der Waals surface area contributed by atoms with Gasteiger partial charge in [-0.2, -0.15) is 0 Å². The van der Waals surface area contributed by atoms with E-state index in [4.69, 9.17) is 4.42 Å². The van der Waals surface area contributed by atoms with Crippen LogP contribution < -0.4 is 10.6 Å². The number of nitrogens with zero attached hydrogens (tertiary/aromatic N) is 2. The van der Waals surface area contributed by atoms with Crippen LogP contribution in [-0.4, -0.2) is 15.9 Å². The van der Waals surface area contributed by atoms with E-state index < -0.39 is 0 Å². The highest BCUT2D eigenvalue weighted by molar-refractivity contribution is 6.05. The van der Waals surface area contributed by atoms with Gasteiger partial charge in [-0.1, -0.05) is 12.1 Å². The molecule has 30 heavy (non-hydrogen) atoms. The van der Waals surface area contributed by atoms with E-state index in [1.807, 2.05) is 25.1 Å². The van der Waals surface area contributed by atoms with Crippen LogP contribution in [0, 0.1) is 19.7 Å². The van der Waals surface area contributed by atoms with Crippen LogP contribution in [0.3, 0.4) is 0 Å². The molecule has 6 nitrogen and oxygen atoms in total. The fourth-order valence-corrected chi connectivity index (χ4v) is 2.87. The Labute approximate surface area is 172 Å². The minimum absolute atomic E-state index is 0.308. The third-order valence-corrected chi connectivity index (χ3v) is 4.64. The van der Waals surface area contributed by atoms with Gasteiger partial charge < -0.3 is 15.1 Å². The zero-order valence-electron chi connectivity index (χ0n) is 16.4. The topological polar surface area (TPSA) is 80.0 Å². The number of carbonyl (C=O) groups is 1. The van der Waals surface area contributed by atoms with Crippen LogP contribution in [0.2, 0.25) is 0 Å². The summed E-state index contributed by atoms with van der Waals surface area (Å²) < 4.78 is 19.5. The number of aryl methyl sites for hydroxylation is 2. The Hall–Kier alpha value is -4.00. The van der Waals surface area contributed by atoms with Crippen LogP contribution >= 0.6 is 0 Å². The van der Waals surface area contributed by atoms with Gasteiger partial charge in [-0.15, -0.1) is 0 Å². The number of anilines is 3. The molecule has 2 heterocycles. The molecule has 0 aliphatic heterocycles. The average Bonchev–Trinajstić information content (AvgIpc) is 3.21. The van der Waals surface area contributed by atoms with Gasteiger partial charge in [0.1, 0.15) is 5.82 Å². The van der Waals surface area contributed by atoms with Gasteiger partial charge >= 0.3 is 0 Å². The molecule has 150 valence electrons. The molecule has 2 N–H and O–H groups in total. The lowest BCUT2D eigenvalue weighted by Gasteiger charge is -2.10. The first-order valence-electron chi connectivity index (χ1n) is 9.31. The van der Waals surface area contributed by atoms with Crippen molar-refractivity contribution in [1.29, 1.82) is 0 Å². The molecule has 0 fully saturated rings. The maximum Gasteiger partial charge on any atom is 0.299 e. The second-order valence-corrected chi connectivity index (χ2v) is 6.84. The van der Waals surface area contributed by atoms with Gasteiger partial charge in [-0.25, -0.2) is 9.37 Å². The van der Waals surface area contributed by atoms with E-state index in [-0.39, 0.29) is 11.7 Å². The first-order valence-corrected chi connectivity index (χ1v) is 9.31. The third-order valence-electron chi connectivity index (χ3n) is 4.64. The number of hydrogen-bond donors (Lipinski definition) is 2. The Morgan fingerprint density at radius 1 is 1.00 bits per heavy atom. The average molecular weight is 402 g/mol. The van der Waals surface area contributed by atoms with Crippen molar-refractivity contribution in [2.75, 3.05) is 10.6 Å². The SMILES string of the molecule is Cc1ccc(NC(=O)c2ccc(C)c(Nc3ncc(-c4ccncc4)o3)c2)cc1F. The molecule has 0 saturated heterocycles. The van der Waals surface area contributed by atoms with E-state index >= 15 is 0 Å². The van der Waals surface area contributed by atoms with E-state index in [9.17, 15) is 9.18 Å². The van der Waals surface area contributed by atoms with E-state index in [0.29, 0.717) is 34.3 Å². The maximum atomic E-state index is 13.7. The van der Waals surface area contributed by atoms with Crippen LogP contribution in [0.25, 0.3) is 11.3 Å². The quantitative estimate of drug-likeness (QED) is 0.461. The summed E-state index contributed by atoms with van der Waals surface area (Å²) in [5.74, 6) is -0.105. The van der Waals surface area contributed by atoms with Gasteiger partial charge in [0.05, 0.1) is 6.20 Å². The van der Waals surface area contributed by atoms with Crippen molar-refractivity contribution in [2.45, 2.75) is 13.8 Å². The molecule has 0 unspecified atom stereocenters. The van der Waals surface area contributed by atoms with Gasteiger partial charge in [0.25, 0.3) is 11.9 Å². The minimum atomic E-state index is -0.368. The smallest absolute Gasteiger partial charge is 0.299 e. The molecule has 0 radical (unpaired) electrons. The minimum Gasteiger partial charge on any atom is -0.423 e. The van der Waals surface area contributed by atoms with E-state index in [1.165, 1.54) is 6.07 Å². The summed E-state index contributed by atoms with van der Waals surface area (Å²) in [6.45, 7) is 3.58.